The van der Waals surface area contributed by atoms with Gasteiger partial charge >= 0.3 is 0 Å². The molecule has 16 heavy (non-hydrogen) atoms. The van der Waals surface area contributed by atoms with E-state index in [9.17, 15) is 0 Å². The third-order valence-corrected chi connectivity index (χ3v) is 4.88. The molecule has 1 aromatic carbocycles. The van der Waals surface area contributed by atoms with Crippen molar-refractivity contribution in [1.29, 1.82) is 0 Å². The van der Waals surface area contributed by atoms with Crippen molar-refractivity contribution >= 4 is 0 Å². The average Bonchev–Trinajstić information content (AvgIpc) is 2.67. The van der Waals surface area contributed by atoms with Crippen LogP contribution in [0.15, 0.2) is 24.3 Å². The van der Waals surface area contributed by atoms with Crippen molar-refractivity contribution in [2.45, 2.75) is 31.7 Å². The third kappa shape index (κ3) is 1.21. The highest BCUT2D eigenvalue weighted by molar-refractivity contribution is 5.36. The third-order valence-electron chi connectivity index (χ3n) is 4.88. The van der Waals surface area contributed by atoms with Gasteiger partial charge in [-0.15, -0.1) is 0 Å². The first-order valence-corrected chi connectivity index (χ1v) is 6.73. The molecule has 0 spiro atoms. The first-order valence-electron chi connectivity index (χ1n) is 6.73. The van der Waals surface area contributed by atoms with Crippen LogP contribution in [0.4, 0.5) is 0 Å². The number of hydrogen-bond acceptors (Lipinski definition) is 1. The summed E-state index contributed by atoms with van der Waals surface area (Å²) in [6.07, 6.45) is 5.73. The standard InChI is InChI=1S/C15H19N/c1-2-6-14-12(5-1)9-13-8-11-4-3-7-16(10-11)15(13)14/h1-2,5-6,11,13,15H,3-4,7-10H2/t11-,13+,15+/m1/s1. The maximum Gasteiger partial charge on any atom is 0.0382 e. The van der Waals surface area contributed by atoms with Crippen LogP contribution in [0.25, 0.3) is 0 Å². The molecule has 84 valence electrons. The molecule has 1 unspecified atom stereocenters. The van der Waals surface area contributed by atoms with Crippen LogP contribution in [0.5, 0.6) is 0 Å². The zero-order valence-electron chi connectivity index (χ0n) is 9.73. The van der Waals surface area contributed by atoms with Crippen LogP contribution >= 0.6 is 0 Å². The van der Waals surface area contributed by atoms with E-state index in [2.05, 4.69) is 29.2 Å². The summed E-state index contributed by atoms with van der Waals surface area (Å²) in [5, 5.41) is 0. The second-order valence-corrected chi connectivity index (χ2v) is 5.85. The maximum atomic E-state index is 2.77. The zero-order chi connectivity index (χ0) is 10.5. The molecule has 0 N–H and O–H groups in total. The van der Waals surface area contributed by atoms with Crippen LogP contribution in [0.2, 0.25) is 0 Å². The van der Waals surface area contributed by atoms with Crippen molar-refractivity contribution in [1.82, 2.24) is 4.90 Å². The minimum Gasteiger partial charge on any atom is -0.296 e. The Hall–Kier alpha value is -0.820. The molecule has 0 radical (unpaired) electrons. The largest absolute Gasteiger partial charge is 0.296 e. The molecule has 2 heterocycles. The fraction of sp³-hybridized carbons (Fsp3) is 0.600. The first kappa shape index (κ1) is 9.23. The zero-order valence-corrected chi connectivity index (χ0v) is 9.73. The molecule has 2 aliphatic heterocycles. The van der Waals surface area contributed by atoms with Crippen molar-refractivity contribution < 1.29 is 0 Å². The number of nitrogens with zero attached hydrogens (tertiary/aromatic N) is 1. The Balaban J connectivity index is 1.76. The highest BCUT2D eigenvalue weighted by Crippen LogP contribution is 2.48. The highest BCUT2D eigenvalue weighted by atomic mass is 15.2. The Kier molecular flexibility index (Phi) is 1.92. The van der Waals surface area contributed by atoms with Gasteiger partial charge in [-0.3, -0.25) is 4.90 Å². The number of fused-ring (bicyclic) bond motifs is 6. The van der Waals surface area contributed by atoms with E-state index in [1.807, 2.05) is 0 Å². The lowest BCUT2D eigenvalue weighted by molar-refractivity contribution is 0.0304. The van der Waals surface area contributed by atoms with E-state index in [1.54, 1.807) is 11.1 Å². The van der Waals surface area contributed by atoms with Gasteiger partial charge in [0.05, 0.1) is 0 Å². The van der Waals surface area contributed by atoms with Crippen LogP contribution in [-0.4, -0.2) is 18.0 Å². The lowest BCUT2D eigenvalue weighted by Gasteiger charge is -2.45. The molecule has 1 aliphatic carbocycles. The molecule has 2 bridgehead atoms. The number of benzene rings is 1. The molecule has 0 saturated carbocycles. The van der Waals surface area contributed by atoms with Crippen molar-refractivity contribution in [2.24, 2.45) is 11.8 Å². The van der Waals surface area contributed by atoms with Gasteiger partial charge in [0, 0.05) is 12.6 Å². The minimum absolute atomic E-state index is 0.771. The summed E-state index contributed by atoms with van der Waals surface area (Å²) in [5.41, 5.74) is 3.28. The Morgan fingerprint density at radius 3 is 3.12 bits per heavy atom. The van der Waals surface area contributed by atoms with E-state index in [4.69, 9.17) is 0 Å². The van der Waals surface area contributed by atoms with Gasteiger partial charge in [-0.05, 0) is 55.2 Å². The maximum absolute atomic E-state index is 2.77. The summed E-state index contributed by atoms with van der Waals surface area (Å²) < 4.78 is 0. The quantitative estimate of drug-likeness (QED) is 0.640. The Morgan fingerprint density at radius 1 is 1.19 bits per heavy atom. The number of piperidine rings is 2. The van der Waals surface area contributed by atoms with Crippen LogP contribution in [-0.2, 0) is 6.42 Å². The van der Waals surface area contributed by atoms with E-state index >= 15 is 0 Å². The molecular weight excluding hydrogens is 194 g/mol. The van der Waals surface area contributed by atoms with Gasteiger partial charge in [0.15, 0.2) is 0 Å². The van der Waals surface area contributed by atoms with Crippen molar-refractivity contribution in [3.05, 3.63) is 35.4 Å². The number of rotatable bonds is 0. The lowest BCUT2D eigenvalue weighted by atomic mass is 9.79. The topological polar surface area (TPSA) is 3.24 Å². The predicted molar refractivity (Wildman–Crippen MR) is 65.3 cm³/mol. The SMILES string of the molecule is c1ccc2c(c1)C[C@@H]1C[C@H]3CCCN(C3)[C@H]21. The van der Waals surface area contributed by atoms with Crippen LogP contribution in [0.3, 0.4) is 0 Å². The van der Waals surface area contributed by atoms with E-state index in [0.29, 0.717) is 0 Å². The fourth-order valence-electron chi connectivity index (χ4n) is 4.33. The van der Waals surface area contributed by atoms with Crippen molar-refractivity contribution in [3.8, 4) is 0 Å². The second kappa shape index (κ2) is 3.33. The minimum atomic E-state index is 0.771. The van der Waals surface area contributed by atoms with Crippen LogP contribution in [0, 0.1) is 11.8 Å². The van der Waals surface area contributed by atoms with Crippen molar-refractivity contribution in [3.63, 3.8) is 0 Å². The molecule has 1 heteroatoms. The lowest BCUT2D eigenvalue weighted by Crippen LogP contribution is -2.45. The normalized spacial score (nSPS) is 40.2. The molecule has 0 aromatic heterocycles. The second-order valence-electron chi connectivity index (χ2n) is 5.85. The van der Waals surface area contributed by atoms with Crippen molar-refractivity contribution in [2.75, 3.05) is 13.1 Å². The predicted octanol–water partition coefficient (Wildman–Crippen LogP) is 3.02. The fourth-order valence-corrected chi connectivity index (χ4v) is 4.33. The smallest absolute Gasteiger partial charge is 0.0382 e. The number of hydrogen-bond donors (Lipinski definition) is 0. The van der Waals surface area contributed by atoms with Gasteiger partial charge < -0.3 is 0 Å². The first-order chi connectivity index (χ1) is 7.92. The molecule has 3 aliphatic rings. The summed E-state index contributed by atoms with van der Waals surface area (Å²) in [6, 6.07) is 9.91. The van der Waals surface area contributed by atoms with Gasteiger partial charge in [0.25, 0.3) is 0 Å². The average molecular weight is 213 g/mol. The van der Waals surface area contributed by atoms with Gasteiger partial charge in [0.2, 0.25) is 0 Å². The van der Waals surface area contributed by atoms with Gasteiger partial charge in [0.1, 0.15) is 0 Å². The molecule has 1 aromatic rings. The van der Waals surface area contributed by atoms with E-state index in [1.165, 1.54) is 38.8 Å². The van der Waals surface area contributed by atoms with Crippen LogP contribution in [0.1, 0.15) is 36.4 Å². The summed E-state index contributed by atoms with van der Waals surface area (Å²) in [7, 11) is 0. The summed E-state index contributed by atoms with van der Waals surface area (Å²) in [4.78, 5) is 2.77. The summed E-state index contributed by atoms with van der Waals surface area (Å²) in [6.45, 7) is 2.71. The molecule has 2 saturated heterocycles. The van der Waals surface area contributed by atoms with Gasteiger partial charge in [-0.25, -0.2) is 0 Å². The Morgan fingerprint density at radius 2 is 2.12 bits per heavy atom. The van der Waals surface area contributed by atoms with E-state index in [-0.39, 0.29) is 0 Å². The molecule has 0 amide bonds. The highest BCUT2D eigenvalue weighted by Gasteiger charge is 2.42. The monoisotopic (exact) mass is 213 g/mol. The summed E-state index contributed by atoms with van der Waals surface area (Å²) in [5.74, 6) is 1.93. The van der Waals surface area contributed by atoms with Crippen LogP contribution < -0.4 is 0 Å². The van der Waals surface area contributed by atoms with E-state index in [0.717, 1.165) is 17.9 Å². The Bertz CT molecular complexity index is 410. The van der Waals surface area contributed by atoms with E-state index < -0.39 is 0 Å². The van der Waals surface area contributed by atoms with Gasteiger partial charge in [-0.2, -0.15) is 0 Å². The summed E-state index contributed by atoms with van der Waals surface area (Å²) >= 11 is 0. The molecule has 4 rings (SSSR count). The molecular formula is C15H19N. The molecule has 2 fully saturated rings. The Labute approximate surface area is 97.5 Å². The van der Waals surface area contributed by atoms with Gasteiger partial charge in [-0.1, -0.05) is 24.3 Å². The molecule has 1 nitrogen and oxygen atoms in total. The molecule has 4 atom stereocenters.